The van der Waals surface area contributed by atoms with Gasteiger partial charge in [-0.3, -0.25) is 9.52 Å². The first-order valence-corrected chi connectivity index (χ1v) is 12.2. The summed E-state index contributed by atoms with van der Waals surface area (Å²) in [4.78, 5) is 17.8. The number of hydrogen-bond acceptors (Lipinski definition) is 4. The fraction of sp³-hybridized carbons (Fsp3) is 0.348. The van der Waals surface area contributed by atoms with E-state index in [9.17, 15) is 13.2 Å². The van der Waals surface area contributed by atoms with Gasteiger partial charge in [0.25, 0.3) is 0 Å². The fourth-order valence-corrected chi connectivity index (χ4v) is 3.99. The van der Waals surface area contributed by atoms with Gasteiger partial charge in [-0.05, 0) is 67.9 Å². The highest BCUT2D eigenvalue weighted by molar-refractivity contribution is 7.92. The molecular formula is C23H30N4O3S. The van der Waals surface area contributed by atoms with Crippen LogP contribution in [0.15, 0.2) is 48.7 Å². The third kappa shape index (κ3) is 7.11. The van der Waals surface area contributed by atoms with Gasteiger partial charge in [0.2, 0.25) is 15.9 Å². The van der Waals surface area contributed by atoms with Crippen molar-refractivity contribution in [1.29, 1.82) is 0 Å². The Morgan fingerprint density at radius 1 is 1.06 bits per heavy atom. The number of sulfonamides is 1. The number of hydrogen-bond donors (Lipinski definition) is 3. The van der Waals surface area contributed by atoms with Crippen molar-refractivity contribution in [1.82, 2.24) is 15.2 Å². The number of rotatable bonds is 10. The highest BCUT2D eigenvalue weighted by Gasteiger charge is 2.08. The zero-order valence-electron chi connectivity index (χ0n) is 18.2. The summed E-state index contributed by atoms with van der Waals surface area (Å²) in [5.74, 6) is -0.0385. The number of carbonyl (C=O) groups excluding carboxylic acids is 1. The molecule has 0 unspecified atom stereocenters. The van der Waals surface area contributed by atoms with E-state index >= 15 is 0 Å². The summed E-state index contributed by atoms with van der Waals surface area (Å²) in [6, 6.07) is 13.3. The van der Waals surface area contributed by atoms with Crippen molar-refractivity contribution in [2.24, 2.45) is 0 Å². The molecule has 8 heteroatoms. The number of H-pyrrole nitrogens is 1. The summed E-state index contributed by atoms with van der Waals surface area (Å²) >= 11 is 0. The highest BCUT2D eigenvalue weighted by Crippen LogP contribution is 2.21. The van der Waals surface area contributed by atoms with E-state index in [2.05, 4.69) is 58.4 Å². The van der Waals surface area contributed by atoms with Crippen molar-refractivity contribution in [3.05, 3.63) is 65.4 Å². The zero-order chi connectivity index (χ0) is 22.4. The van der Waals surface area contributed by atoms with Gasteiger partial charge < -0.3 is 15.2 Å². The summed E-state index contributed by atoms with van der Waals surface area (Å²) in [6.07, 6.45) is 5.21. The molecular weight excluding hydrogens is 412 g/mol. The summed E-state index contributed by atoms with van der Waals surface area (Å²) in [5, 5.41) is 4.13. The normalized spacial score (nSPS) is 11.7. The average molecular weight is 443 g/mol. The molecule has 1 aromatic heterocycles. The van der Waals surface area contributed by atoms with E-state index in [1.807, 2.05) is 6.07 Å². The second kappa shape index (κ2) is 9.98. The molecule has 2 aromatic carbocycles. The number of likely N-dealkylation sites (N-methyl/N-ethyl adjacent to an activating group) is 1. The van der Waals surface area contributed by atoms with Gasteiger partial charge in [0.15, 0.2) is 0 Å². The minimum Gasteiger partial charge on any atom is -0.361 e. The van der Waals surface area contributed by atoms with Gasteiger partial charge in [-0.2, -0.15) is 0 Å². The molecule has 7 nitrogen and oxygen atoms in total. The molecule has 31 heavy (non-hydrogen) atoms. The van der Waals surface area contributed by atoms with Crippen LogP contribution in [-0.2, 0) is 34.2 Å². The van der Waals surface area contributed by atoms with Crippen LogP contribution < -0.4 is 10.0 Å². The van der Waals surface area contributed by atoms with E-state index in [0.717, 1.165) is 35.9 Å². The van der Waals surface area contributed by atoms with Gasteiger partial charge in [0, 0.05) is 42.3 Å². The Morgan fingerprint density at radius 2 is 1.87 bits per heavy atom. The van der Waals surface area contributed by atoms with Crippen LogP contribution in [0.25, 0.3) is 10.9 Å². The molecule has 0 radical (unpaired) electrons. The first kappa shape index (κ1) is 22.8. The quantitative estimate of drug-likeness (QED) is 0.450. The second-order valence-corrected chi connectivity index (χ2v) is 9.85. The van der Waals surface area contributed by atoms with Gasteiger partial charge in [-0.25, -0.2) is 8.42 Å². The van der Waals surface area contributed by atoms with Gasteiger partial charge in [-0.15, -0.1) is 0 Å². The molecule has 0 fully saturated rings. The van der Waals surface area contributed by atoms with Gasteiger partial charge >= 0.3 is 0 Å². The summed E-state index contributed by atoms with van der Waals surface area (Å²) in [7, 11) is 0.805. The van der Waals surface area contributed by atoms with Crippen LogP contribution in [0.4, 0.5) is 5.69 Å². The van der Waals surface area contributed by atoms with Gasteiger partial charge in [0.1, 0.15) is 0 Å². The maximum absolute atomic E-state index is 12.3. The van der Waals surface area contributed by atoms with Crippen molar-refractivity contribution >= 4 is 32.5 Å². The van der Waals surface area contributed by atoms with Crippen molar-refractivity contribution < 1.29 is 13.2 Å². The summed E-state index contributed by atoms with van der Waals surface area (Å²) in [6.45, 7) is 1.34. The largest absolute Gasteiger partial charge is 0.361 e. The molecule has 0 saturated heterocycles. The van der Waals surface area contributed by atoms with E-state index in [4.69, 9.17) is 0 Å². The Bertz CT molecular complexity index is 1150. The van der Waals surface area contributed by atoms with Crippen LogP contribution in [0.5, 0.6) is 0 Å². The Kier molecular flexibility index (Phi) is 7.35. The van der Waals surface area contributed by atoms with Crippen LogP contribution in [0.2, 0.25) is 0 Å². The molecule has 0 bridgehead atoms. The molecule has 0 aliphatic heterocycles. The minimum atomic E-state index is -3.33. The molecule has 3 rings (SSSR count). The third-order valence-electron chi connectivity index (χ3n) is 5.02. The number of aryl methyl sites for hydroxylation is 1. The number of aromatic amines is 1. The van der Waals surface area contributed by atoms with Crippen LogP contribution in [-0.4, -0.2) is 51.1 Å². The summed E-state index contributed by atoms with van der Waals surface area (Å²) < 4.78 is 25.2. The second-order valence-electron chi connectivity index (χ2n) is 8.10. The number of aromatic nitrogens is 1. The van der Waals surface area contributed by atoms with Crippen molar-refractivity contribution in [3.63, 3.8) is 0 Å². The lowest BCUT2D eigenvalue weighted by atomic mass is 10.0. The van der Waals surface area contributed by atoms with Gasteiger partial charge in [0.05, 0.1) is 6.26 Å². The minimum absolute atomic E-state index is 0.0385. The maximum Gasteiger partial charge on any atom is 0.229 e. The number of anilines is 1. The van der Waals surface area contributed by atoms with Crippen LogP contribution in [0, 0.1) is 0 Å². The van der Waals surface area contributed by atoms with E-state index in [1.165, 1.54) is 10.9 Å². The molecule has 0 saturated carbocycles. The van der Waals surface area contributed by atoms with E-state index in [0.29, 0.717) is 25.1 Å². The lowest BCUT2D eigenvalue weighted by Crippen LogP contribution is -2.23. The molecule has 166 valence electrons. The smallest absolute Gasteiger partial charge is 0.229 e. The highest BCUT2D eigenvalue weighted by atomic mass is 32.2. The van der Waals surface area contributed by atoms with Gasteiger partial charge in [-0.1, -0.05) is 18.2 Å². The Hall–Kier alpha value is -2.84. The number of amides is 1. The SMILES string of the molecule is CN(C)CCc1c[nH]c2ccc(CCC(=O)NCc3cccc(NS(C)(=O)=O)c3)cc12. The molecule has 0 aliphatic carbocycles. The lowest BCUT2D eigenvalue weighted by molar-refractivity contribution is -0.121. The predicted molar refractivity (Wildman–Crippen MR) is 126 cm³/mol. The molecule has 0 aliphatic rings. The predicted octanol–water partition coefficient (Wildman–Crippen LogP) is 2.89. The van der Waals surface area contributed by atoms with E-state index in [1.54, 1.807) is 18.2 Å². The first-order valence-electron chi connectivity index (χ1n) is 10.3. The number of nitrogens with one attached hydrogen (secondary N) is 3. The van der Waals surface area contributed by atoms with E-state index in [-0.39, 0.29) is 5.91 Å². The Labute approximate surface area is 183 Å². The van der Waals surface area contributed by atoms with E-state index < -0.39 is 10.0 Å². The monoisotopic (exact) mass is 442 g/mol. The number of carbonyl (C=O) groups is 1. The number of nitrogens with zero attached hydrogens (tertiary/aromatic N) is 1. The van der Waals surface area contributed by atoms with Crippen molar-refractivity contribution in [2.45, 2.75) is 25.8 Å². The van der Waals surface area contributed by atoms with Crippen molar-refractivity contribution in [2.75, 3.05) is 31.6 Å². The lowest BCUT2D eigenvalue weighted by Gasteiger charge is -2.09. The topological polar surface area (TPSA) is 94.3 Å². The Balaban J connectivity index is 1.54. The molecule has 3 N–H and O–H groups in total. The number of fused-ring (bicyclic) bond motifs is 1. The maximum atomic E-state index is 12.3. The molecule has 3 aromatic rings. The molecule has 1 heterocycles. The summed E-state index contributed by atoms with van der Waals surface area (Å²) in [5.41, 5.74) is 4.86. The van der Waals surface area contributed by atoms with Crippen LogP contribution in [0.1, 0.15) is 23.1 Å². The Morgan fingerprint density at radius 3 is 2.61 bits per heavy atom. The van der Waals surface area contributed by atoms with Crippen LogP contribution >= 0.6 is 0 Å². The van der Waals surface area contributed by atoms with Crippen molar-refractivity contribution in [3.8, 4) is 0 Å². The average Bonchev–Trinajstić information content (AvgIpc) is 3.10. The third-order valence-corrected chi connectivity index (χ3v) is 5.63. The van der Waals surface area contributed by atoms with Crippen LogP contribution in [0.3, 0.4) is 0 Å². The zero-order valence-corrected chi connectivity index (χ0v) is 19.1. The number of benzene rings is 2. The fourth-order valence-electron chi connectivity index (χ4n) is 3.44. The first-order chi connectivity index (χ1) is 14.7. The molecule has 1 amide bonds. The molecule has 0 spiro atoms. The standard InChI is InChI=1S/C23H30N4O3S/c1-27(2)12-11-19-16-24-22-9-7-17(14-21(19)22)8-10-23(28)25-15-18-5-4-6-20(13-18)26-31(3,29)30/h4-7,9,13-14,16,24,26H,8,10-12,15H2,1-3H3,(H,25,28). The molecule has 0 atom stereocenters.